The molecule has 2 aromatic carbocycles. The van der Waals surface area contributed by atoms with Crippen molar-refractivity contribution < 1.29 is 16.8 Å². The monoisotopic (exact) mass is 512 g/mol. The average molecular weight is 513 g/mol. The van der Waals surface area contributed by atoms with Gasteiger partial charge in [-0.3, -0.25) is 14.1 Å². The first kappa shape index (κ1) is 24.4. The summed E-state index contributed by atoms with van der Waals surface area (Å²) in [5, 5.41) is 4.31. The van der Waals surface area contributed by atoms with Gasteiger partial charge >= 0.3 is 0 Å². The number of nitrogens with one attached hydrogen (secondary N) is 2. The number of anilines is 2. The number of aryl methyl sites for hydroxylation is 3. The maximum Gasteiger partial charge on any atom is 0.265 e. The van der Waals surface area contributed by atoms with Crippen LogP contribution in [-0.4, -0.2) is 36.6 Å². The highest BCUT2D eigenvalue weighted by atomic mass is 32.2. The van der Waals surface area contributed by atoms with Crippen molar-refractivity contribution in [3.63, 3.8) is 0 Å². The van der Waals surface area contributed by atoms with Crippen LogP contribution in [0.5, 0.6) is 0 Å². The minimum absolute atomic E-state index is 0.0405. The van der Waals surface area contributed by atoms with E-state index in [4.69, 9.17) is 0 Å². The van der Waals surface area contributed by atoms with Crippen LogP contribution in [-0.2, 0) is 26.6 Å². The second kappa shape index (κ2) is 9.47. The molecule has 4 rings (SSSR count). The van der Waals surface area contributed by atoms with Crippen LogP contribution in [0.15, 0.2) is 76.7 Å². The smallest absolute Gasteiger partial charge is 0.265 e. The third-order valence-corrected chi connectivity index (χ3v) is 7.85. The lowest BCUT2D eigenvalue weighted by Gasteiger charge is -2.10. The van der Waals surface area contributed by atoms with Crippen molar-refractivity contribution in [3.05, 3.63) is 89.6 Å². The Bertz CT molecular complexity index is 1550. The zero-order valence-corrected chi connectivity index (χ0v) is 20.9. The van der Waals surface area contributed by atoms with Gasteiger partial charge in [-0.1, -0.05) is 30.3 Å². The van der Waals surface area contributed by atoms with Gasteiger partial charge in [-0.25, -0.2) is 26.8 Å². The van der Waals surface area contributed by atoms with E-state index < -0.39 is 20.0 Å². The predicted octanol–water partition coefficient (Wildman–Crippen LogP) is 3.25. The second-order valence-corrected chi connectivity index (χ2v) is 11.3. The predicted molar refractivity (Wildman–Crippen MR) is 132 cm³/mol. The van der Waals surface area contributed by atoms with E-state index in [0.717, 1.165) is 5.56 Å². The number of nitrogens with zero attached hydrogens (tertiary/aromatic N) is 4. The van der Waals surface area contributed by atoms with Crippen LogP contribution in [0.25, 0.3) is 0 Å². The van der Waals surface area contributed by atoms with Crippen LogP contribution in [0.4, 0.5) is 11.5 Å². The first-order valence-electron chi connectivity index (χ1n) is 10.6. The van der Waals surface area contributed by atoms with Gasteiger partial charge in [-0.05, 0) is 50.6 Å². The Kier molecular flexibility index (Phi) is 6.59. The minimum atomic E-state index is -3.94. The Morgan fingerprint density at radius 1 is 0.829 bits per heavy atom. The highest BCUT2D eigenvalue weighted by Gasteiger charge is 2.21. The number of sulfonamides is 2. The van der Waals surface area contributed by atoms with Gasteiger partial charge in [0.15, 0.2) is 0 Å². The lowest BCUT2D eigenvalue weighted by molar-refractivity contribution is 0.599. The number of hydrogen-bond acceptors (Lipinski definition) is 7. The molecule has 2 aromatic heterocycles. The molecule has 0 radical (unpaired) electrons. The summed E-state index contributed by atoms with van der Waals surface area (Å²) in [6.07, 6.45) is 1.47. The number of hydrogen-bond donors (Lipinski definition) is 2. The Hall–Kier alpha value is -3.77. The van der Waals surface area contributed by atoms with Crippen LogP contribution in [0, 0.1) is 20.8 Å². The summed E-state index contributed by atoms with van der Waals surface area (Å²) in [5.41, 5.74) is 2.19. The summed E-state index contributed by atoms with van der Waals surface area (Å²) in [7, 11) is -7.86. The van der Waals surface area contributed by atoms with E-state index in [1.165, 1.54) is 36.5 Å². The SMILES string of the molecule is Cc1cc(NS(=O)(=O)c2ccc(NS(=O)(=O)c3cn(Cc4ccccc4)nc3C)cc2)nc(C)n1. The zero-order chi connectivity index (χ0) is 25.2. The van der Waals surface area contributed by atoms with Gasteiger partial charge in [-0.2, -0.15) is 5.10 Å². The summed E-state index contributed by atoms with van der Waals surface area (Å²) >= 11 is 0. The molecule has 0 unspecified atom stereocenters. The first-order valence-corrected chi connectivity index (χ1v) is 13.5. The van der Waals surface area contributed by atoms with Crippen molar-refractivity contribution >= 4 is 31.6 Å². The van der Waals surface area contributed by atoms with E-state index in [0.29, 0.717) is 23.8 Å². The van der Waals surface area contributed by atoms with Gasteiger partial charge in [0.25, 0.3) is 20.0 Å². The Morgan fingerprint density at radius 3 is 2.17 bits per heavy atom. The molecule has 0 saturated carbocycles. The topological polar surface area (TPSA) is 136 Å². The third kappa shape index (κ3) is 5.84. The second-order valence-electron chi connectivity index (χ2n) is 7.94. The number of benzene rings is 2. The first-order chi connectivity index (χ1) is 16.5. The highest BCUT2D eigenvalue weighted by Crippen LogP contribution is 2.22. The lowest BCUT2D eigenvalue weighted by atomic mass is 10.2. The molecule has 4 aromatic rings. The Morgan fingerprint density at radius 2 is 1.51 bits per heavy atom. The van der Waals surface area contributed by atoms with Gasteiger partial charge in [0.1, 0.15) is 16.5 Å². The molecule has 10 nitrogen and oxygen atoms in total. The van der Waals surface area contributed by atoms with Crippen molar-refractivity contribution in [2.24, 2.45) is 0 Å². The van der Waals surface area contributed by atoms with Gasteiger partial charge in [-0.15, -0.1) is 0 Å². The van der Waals surface area contributed by atoms with Crippen molar-refractivity contribution in [2.45, 2.75) is 37.1 Å². The lowest BCUT2D eigenvalue weighted by Crippen LogP contribution is -2.16. The van der Waals surface area contributed by atoms with Crippen LogP contribution in [0.3, 0.4) is 0 Å². The van der Waals surface area contributed by atoms with Crippen LogP contribution >= 0.6 is 0 Å². The molecule has 0 aliphatic rings. The average Bonchev–Trinajstić information content (AvgIpc) is 3.14. The molecular formula is C23H24N6O4S2. The van der Waals surface area contributed by atoms with E-state index in [9.17, 15) is 16.8 Å². The molecule has 12 heteroatoms. The Balaban J connectivity index is 1.50. The highest BCUT2D eigenvalue weighted by molar-refractivity contribution is 7.93. The summed E-state index contributed by atoms with van der Waals surface area (Å²) in [5.74, 6) is 0.595. The molecule has 0 aliphatic heterocycles. The molecule has 0 aliphatic carbocycles. The van der Waals surface area contributed by atoms with Crippen molar-refractivity contribution in [1.29, 1.82) is 0 Å². The van der Waals surface area contributed by atoms with Crippen molar-refractivity contribution in [3.8, 4) is 0 Å². The Labute approximate surface area is 204 Å². The van der Waals surface area contributed by atoms with Crippen LogP contribution in [0.2, 0.25) is 0 Å². The van der Waals surface area contributed by atoms with Crippen LogP contribution in [0.1, 0.15) is 22.8 Å². The standard InChI is InChI=1S/C23H24N6O4S2/c1-16-13-23(25-18(3)24-16)28-34(30,31)21-11-9-20(10-12-21)27-35(32,33)22-15-29(26-17(22)2)14-19-7-5-4-6-8-19/h4-13,15,27H,14H2,1-3H3,(H,24,25,28). The molecule has 2 heterocycles. The van der Waals surface area contributed by atoms with Gasteiger partial charge in [0.05, 0.1) is 17.1 Å². The van der Waals surface area contributed by atoms with E-state index >= 15 is 0 Å². The van der Waals surface area contributed by atoms with E-state index in [-0.39, 0.29) is 21.3 Å². The molecule has 182 valence electrons. The van der Waals surface area contributed by atoms with Gasteiger partial charge in [0, 0.05) is 23.6 Å². The van der Waals surface area contributed by atoms with E-state index in [1.807, 2.05) is 30.3 Å². The molecule has 2 N–H and O–H groups in total. The molecule has 0 fully saturated rings. The summed E-state index contributed by atoms with van der Waals surface area (Å²) in [6.45, 7) is 5.45. The maximum absolute atomic E-state index is 13.0. The molecule has 0 atom stereocenters. The summed E-state index contributed by atoms with van der Waals surface area (Å²) in [6, 6.07) is 16.5. The zero-order valence-electron chi connectivity index (χ0n) is 19.3. The van der Waals surface area contributed by atoms with E-state index in [1.54, 1.807) is 25.5 Å². The molecule has 0 bridgehead atoms. The normalized spacial score (nSPS) is 11.9. The molecular weight excluding hydrogens is 488 g/mol. The maximum atomic E-state index is 13.0. The fourth-order valence-electron chi connectivity index (χ4n) is 3.49. The van der Waals surface area contributed by atoms with Crippen LogP contribution < -0.4 is 9.44 Å². The number of rotatable bonds is 8. The quantitative estimate of drug-likeness (QED) is 0.370. The largest absolute Gasteiger partial charge is 0.280 e. The molecule has 35 heavy (non-hydrogen) atoms. The third-order valence-electron chi connectivity index (χ3n) is 5.00. The van der Waals surface area contributed by atoms with E-state index in [2.05, 4.69) is 24.5 Å². The van der Waals surface area contributed by atoms with Gasteiger partial charge in [0.2, 0.25) is 0 Å². The fraction of sp³-hybridized carbons (Fsp3) is 0.174. The molecule has 0 saturated heterocycles. The van der Waals surface area contributed by atoms with Crippen molar-refractivity contribution in [1.82, 2.24) is 19.7 Å². The number of aromatic nitrogens is 4. The minimum Gasteiger partial charge on any atom is -0.280 e. The van der Waals surface area contributed by atoms with Crippen molar-refractivity contribution in [2.75, 3.05) is 9.44 Å². The summed E-state index contributed by atoms with van der Waals surface area (Å²) < 4.78 is 57.8. The molecule has 0 spiro atoms. The fourth-order valence-corrected chi connectivity index (χ4v) is 5.73. The summed E-state index contributed by atoms with van der Waals surface area (Å²) in [4.78, 5) is 8.20. The van der Waals surface area contributed by atoms with Gasteiger partial charge < -0.3 is 0 Å². The molecule has 0 amide bonds.